The van der Waals surface area contributed by atoms with Gasteiger partial charge in [0.2, 0.25) is 0 Å². The van der Waals surface area contributed by atoms with Crippen LogP contribution < -0.4 is 10.1 Å². The fraction of sp³-hybridized carbons (Fsp3) is 0.533. The largest absolute Gasteiger partial charge is 0.484 e. The lowest BCUT2D eigenvalue weighted by Crippen LogP contribution is -2.52. The van der Waals surface area contributed by atoms with Gasteiger partial charge in [-0.15, -0.1) is 0 Å². The Labute approximate surface area is 114 Å². The monoisotopic (exact) mass is 262 g/mol. The molecule has 1 amide bonds. The van der Waals surface area contributed by atoms with E-state index in [0.717, 1.165) is 36.5 Å². The second-order valence-electron chi connectivity index (χ2n) is 5.31. The first-order valence-corrected chi connectivity index (χ1v) is 6.77. The van der Waals surface area contributed by atoms with E-state index in [0.29, 0.717) is 6.04 Å². The van der Waals surface area contributed by atoms with Crippen molar-refractivity contribution in [2.24, 2.45) is 0 Å². The van der Waals surface area contributed by atoms with Crippen molar-refractivity contribution in [3.8, 4) is 5.75 Å². The third-order valence-electron chi connectivity index (χ3n) is 3.28. The lowest BCUT2D eigenvalue weighted by Gasteiger charge is -2.31. The van der Waals surface area contributed by atoms with E-state index in [2.05, 4.69) is 18.3 Å². The van der Waals surface area contributed by atoms with Crippen LogP contribution in [0, 0.1) is 13.8 Å². The van der Waals surface area contributed by atoms with Crippen LogP contribution in [0.4, 0.5) is 0 Å². The Morgan fingerprint density at radius 3 is 2.68 bits per heavy atom. The summed E-state index contributed by atoms with van der Waals surface area (Å²) in [7, 11) is 0. The van der Waals surface area contributed by atoms with E-state index in [1.165, 1.54) is 0 Å². The molecule has 0 unspecified atom stereocenters. The van der Waals surface area contributed by atoms with Crippen molar-refractivity contribution in [3.63, 3.8) is 0 Å². The van der Waals surface area contributed by atoms with Gasteiger partial charge in [0.05, 0.1) is 0 Å². The van der Waals surface area contributed by atoms with E-state index >= 15 is 0 Å². The van der Waals surface area contributed by atoms with Gasteiger partial charge in [0.15, 0.2) is 6.61 Å². The number of ether oxygens (including phenoxy) is 1. The molecule has 0 aromatic heterocycles. The second kappa shape index (κ2) is 6.06. The maximum Gasteiger partial charge on any atom is 0.260 e. The molecule has 1 aromatic carbocycles. The average molecular weight is 262 g/mol. The lowest BCUT2D eigenvalue weighted by atomic mass is 10.1. The van der Waals surface area contributed by atoms with Crippen molar-refractivity contribution in [1.29, 1.82) is 0 Å². The molecule has 0 bridgehead atoms. The van der Waals surface area contributed by atoms with Crippen LogP contribution in [0.5, 0.6) is 5.75 Å². The number of piperazine rings is 1. The number of rotatable bonds is 3. The van der Waals surface area contributed by atoms with Gasteiger partial charge < -0.3 is 15.0 Å². The maximum absolute atomic E-state index is 12.1. The van der Waals surface area contributed by atoms with Crippen LogP contribution in [0.15, 0.2) is 18.2 Å². The topological polar surface area (TPSA) is 41.6 Å². The Balaban J connectivity index is 1.89. The van der Waals surface area contributed by atoms with Crippen molar-refractivity contribution < 1.29 is 9.53 Å². The Morgan fingerprint density at radius 2 is 2.05 bits per heavy atom. The Morgan fingerprint density at radius 1 is 1.37 bits per heavy atom. The highest BCUT2D eigenvalue weighted by Gasteiger charge is 2.20. The van der Waals surface area contributed by atoms with Gasteiger partial charge >= 0.3 is 0 Å². The summed E-state index contributed by atoms with van der Waals surface area (Å²) in [5.41, 5.74) is 2.30. The van der Waals surface area contributed by atoms with Gasteiger partial charge in [0.1, 0.15) is 5.75 Å². The Kier molecular flexibility index (Phi) is 4.43. The number of carbonyl (C=O) groups is 1. The van der Waals surface area contributed by atoms with Crippen molar-refractivity contribution in [3.05, 3.63) is 29.3 Å². The number of hydrogen-bond donors (Lipinski definition) is 1. The molecule has 1 saturated heterocycles. The molecule has 1 N–H and O–H groups in total. The van der Waals surface area contributed by atoms with Crippen LogP contribution in [0.3, 0.4) is 0 Å². The van der Waals surface area contributed by atoms with E-state index in [1.807, 2.05) is 30.9 Å². The summed E-state index contributed by atoms with van der Waals surface area (Å²) >= 11 is 0. The number of nitrogens with one attached hydrogen (secondary N) is 1. The summed E-state index contributed by atoms with van der Waals surface area (Å²) in [6, 6.07) is 6.37. The normalized spacial score (nSPS) is 19.3. The smallest absolute Gasteiger partial charge is 0.260 e. The van der Waals surface area contributed by atoms with Gasteiger partial charge in [-0.3, -0.25) is 4.79 Å². The summed E-state index contributed by atoms with van der Waals surface area (Å²) in [6.45, 7) is 8.64. The first kappa shape index (κ1) is 13.9. The van der Waals surface area contributed by atoms with Crippen molar-refractivity contribution in [1.82, 2.24) is 10.2 Å². The first-order chi connectivity index (χ1) is 9.04. The molecule has 1 atom stereocenters. The molecule has 1 fully saturated rings. The van der Waals surface area contributed by atoms with Crippen molar-refractivity contribution in [2.75, 3.05) is 26.2 Å². The maximum atomic E-state index is 12.1. The molecule has 4 heteroatoms. The molecule has 1 heterocycles. The third kappa shape index (κ3) is 3.96. The summed E-state index contributed by atoms with van der Waals surface area (Å²) < 4.78 is 5.61. The molecule has 19 heavy (non-hydrogen) atoms. The zero-order valence-corrected chi connectivity index (χ0v) is 11.9. The van der Waals surface area contributed by atoms with Gasteiger partial charge in [0, 0.05) is 25.7 Å². The van der Waals surface area contributed by atoms with Gasteiger partial charge in [-0.05, 0) is 44.0 Å². The van der Waals surface area contributed by atoms with Crippen LogP contribution in [0.25, 0.3) is 0 Å². The third-order valence-corrected chi connectivity index (χ3v) is 3.28. The second-order valence-corrected chi connectivity index (χ2v) is 5.31. The predicted octanol–water partition coefficient (Wildman–Crippen LogP) is 1.50. The van der Waals surface area contributed by atoms with Crippen LogP contribution in [0.2, 0.25) is 0 Å². The van der Waals surface area contributed by atoms with Crippen LogP contribution >= 0.6 is 0 Å². The molecular formula is C15H22N2O2. The lowest BCUT2D eigenvalue weighted by molar-refractivity contribution is -0.134. The van der Waals surface area contributed by atoms with Crippen molar-refractivity contribution >= 4 is 5.91 Å². The highest BCUT2D eigenvalue weighted by molar-refractivity contribution is 5.78. The number of aryl methyl sites for hydroxylation is 2. The molecule has 0 saturated carbocycles. The number of benzene rings is 1. The molecule has 0 radical (unpaired) electrons. The highest BCUT2D eigenvalue weighted by atomic mass is 16.5. The average Bonchev–Trinajstić information content (AvgIpc) is 2.35. The summed E-state index contributed by atoms with van der Waals surface area (Å²) in [6.07, 6.45) is 0. The summed E-state index contributed by atoms with van der Waals surface area (Å²) in [5.74, 6) is 0.835. The first-order valence-electron chi connectivity index (χ1n) is 6.77. The molecule has 1 aliphatic rings. The molecule has 104 valence electrons. The predicted molar refractivity (Wildman–Crippen MR) is 75.5 cm³/mol. The van der Waals surface area contributed by atoms with E-state index in [-0.39, 0.29) is 12.5 Å². The fourth-order valence-corrected chi connectivity index (χ4v) is 2.41. The zero-order valence-electron chi connectivity index (χ0n) is 11.9. The van der Waals surface area contributed by atoms with Gasteiger partial charge in [-0.2, -0.15) is 0 Å². The highest BCUT2D eigenvalue weighted by Crippen LogP contribution is 2.16. The van der Waals surface area contributed by atoms with Gasteiger partial charge in [0.25, 0.3) is 5.91 Å². The number of nitrogens with zero attached hydrogens (tertiary/aromatic N) is 1. The van der Waals surface area contributed by atoms with Crippen molar-refractivity contribution in [2.45, 2.75) is 26.8 Å². The van der Waals surface area contributed by atoms with E-state index in [1.54, 1.807) is 0 Å². The fourth-order valence-electron chi connectivity index (χ4n) is 2.41. The zero-order chi connectivity index (χ0) is 13.8. The molecule has 4 nitrogen and oxygen atoms in total. The van der Waals surface area contributed by atoms with E-state index < -0.39 is 0 Å². The minimum atomic E-state index is 0.0625. The van der Waals surface area contributed by atoms with Gasteiger partial charge in [-0.25, -0.2) is 0 Å². The Bertz CT molecular complexity index is 439. The number of hydrogen-bond acceptors (Lipinski definition) is 3. The number of amides is 1. The SMILES string of the molecule is Cc1cc(C)cc(OCC(=O)N2CCN[C@@H](C)C2)c1. The molecule has 2 rings (SSSR count). The minimum absolute atomic E-state index is 0.0625. The van der Waals surface area contributed by atoms with E-state index in [9.17, 15) is 4.79 Å². The molecule has 0 spiro atoms. The molecule has 1 aromatic rings. The molecule has 1 aliphatic heterocycles. The van der Waals surface area contributed by atoms with Crippen LogP contribution in [-0.2, 0) is 4.79 Å². The van der Waals surface area contributed by atoms with E-state index in [4.69, 9.17) is 4.74 Å². The number of carbonyl (C=O) groups excluding carboxylic acids is 1. The molecule has 0 aliphatic carbocycles. The Hall–Kier alpha value is -1.55. The van der Waals surface area contributed by atoms with Crippen LogP contribution in [-0.4, -0.2) is 43.1 Å². The minimum Gasteiger partial charge on any atom is -0.484 e. The summed E-state index contributed by atoms with van der Waals surface area (Å²) in [4.78, 5) is 13.9. The quantitative estimate of drug-likeness (QED) is 0.897. The molecular weight excluding hydrogens is 240 g/mol. The van der Waals surface area contributed by atoms with Crippen LogP contribution in [0.1, 0.15) is 18.1 Å². The van der Waals surface area contributed by atoms with Gasteiger partial charge in [-0.1, -0.05) is 6.07 Å². The summed E-state index contributed by atoms with van der Waals surface area (Å²) in [5, 5.41) is 3.32. The standard InChI is InChI=1S/C15H22N2O2/c1-11-6-12(2)8-14(7-11)19-10-15(18)17-5-4-16-13(3)9-17/h6-8,13,16H,4-5,9-10H2,1-3H3/t13-/m0/s1.